The maximum absolute atomic E-state index is 3.42. The topological polar surface area (TPSA) is 15.3 Å². The summed E-state index contributed by atoms with van der Waals surface area (Å²) in [6.07, 6.45) is 2.59. The Bertz CT molecular complexity index is 369. The van der Waals surface area contributed by atoms with E-state index in [0.717, 1.165) is 32.1 Å². The molecule has 0 radical (unpaired) electrons. The first kappa shape index (κ1) is 17.7. The highest BCUT2D eigenvalue weighted by Gasteiger charge is 2.13. The normalized spacial score (nSPS) is 11.8. The molecule has 1 aromatic heterocycles. The summed E-state index contributed by atoms with van der Waals surface area (Å²) in [5.41, 5.74) is 1.52. The summed E-state index contributed by atoms with van der Waals surface area (Å²) in [6.45, 7) is 16.9. The van der Waals surface area contributed by atoms with Crippen LogP contribution in [-0.2, 0) is 13.1 Å². The lowest BCUT2D eigenvalue weighted by Crippen LogP contribution is -2.28. The molecule has 0 amide bonds. The Kier molecular flexibility index (Phi) is 8.43. The van der Waals surface area contributed by atoms with Crippen molar-refractivity contribution in [1.29, 1.82) is 0 Å². The first-order valence-electron chi connectivity index (χ1n) is 8.15. The first-order valence-corrected chi connectivity index (χ1v) is 8.97. The quantitative estimate of drug-likeness (QED) is 0.687. The van der Waals surface area contributed by atoms with Gasteiger partial charge in [0.2, 0.25) is 0 Å². The van der Waals surface area contributed by atoms with Crippen molar-refractivity contribution in [2.75, 3.05) is 19.6 Å². The van der Waals surface area contributed by atoms with Crippen molar-refractivity contribution in [3.8, 4) is 0 Å². The lowest BCUT2D eigenvalue weighted by atomic mass is 10.0. The van der Waals surface area contributed by atoms with Gasteiger partial charge in [0.15, 0.2) is 0 Å². The van der Waals surface area contributed by atoms with Gasteiger partial charge in [-0.25, -0.2) is 0 Å². The van der Waals surface area contributed by atoms with Crippen molar-refractivity contribution in [3.63, 3.8) is 0 Å². The molecule has 20 heavy (non-hydrogen) atoms. The molecule has 2 nitrogen and oxygen atoms in total. The molecule has 0 unspecified atom stereocenters. The van der Waals surface area contributed by atoms with Crippen molar-refractivity contribution in [1.82, 2.24) is 10.2 Å². The molecule has 0 fully saturated rings. The predicted molar refractivity (Wildman–Crippen MR) is 91.5 cm³/mol. The fraction of sp³-hybridized carbons (Fsp3) is 0.765. The van der Waals surface area contributed by atoms with Gasteiger partial charge in [-0.05, 0) is 37.6 Å². The lowest BCUT2D eigenvalue weighted by Gasteiger charge is -2.25. The molecule has 1 aromatic rings. The summed E-state index contributed by atoms with van der Waals surface area (Å²) in [5.74, 6) is 0.843. The molecule has 0 saturated carbocycles. The van der Waals surface area contributed by atoms with E-state index in [1.54, 1.807) is 0 Å². The lowest BCUT2D eigenvalue weighted by molar-refractivity contribution is 0.226. The SMILES string of the molecule is CCNCc1cc(CN(CC)CC(CC)CC)c(C)s1. The average molecular weight is 297 g/mol. The molecule has 0 aliphatic carbocycles. The van der Waals surface area contributed by atoms with E-state index in [1.807, 2.05) is 11.3 Å². The van der Waals surface area contributed by atoms with Crippen LogP contribution in [0.15, 0.2) is 6.07 Å². The van der Waals surface area contributed by atoms with Crippen molar-refractivity contribution in [3.05, 3.63) is 21.4 Å². The Hall–Kier alpha value is -0.380. The van der Waals surface area contributed by atoms with Gasteiger partial charge < -0.3 is 5.32 Å². The zero-order chi connectivity index (χ0) is 15.0. The molecule has 0 spiro atoms. The van der Waals surface area contributed by atoms with Crippen LogP contribution < -0.4 is 5.32 Å². The summed E-state index contributed by atoms with van der Waals surface area (Å²) >= 11 is 1.95. The average Bonchev–Trinajstić information content (AvgIpc) is 2.81. The van der Waals surface area contributed by atoms with Crippen LogP contribution in [0.1, 0.15) is 55.9 Å². The van der Waals surface area contributed by atoms with E-state index in [2.05, 4.69) is 50.9 Å². The van der Waals surface area contributed by atoms with Crippen LogP contribution in [0.3, 0.4) is 0 Å². The van der Waals surface area contributed by atoms with E-state index < -0.39 is 0 Å². The Morgan fingerprint density at radius 3 is 2.45 bits per heavy atom. The van der Waals surface area contributed by atoms with Gasteiger partial charge in [-0.15, -0.1) is 11.3 Å². The smallest absolute Gasteiger partial charge is 0.0299 e. The molecular weight excluding hydrogens is 264 g/mol. The van der Waals surface area contributed by atoms with Crippen LogP contribution in [0.2, 0.25) is 0 Å². The Balaban J connectivity index is 2.62. The monoisotopic (exact) mass is 296 g/mol. The Morgan fingerprint density at radius 2 is 1.90 bits per heavy atom. The molecule has 1 N–H and O–H groups in total. The molecule has 0 aromatic carbocycles. The maximum atomic E-state index is 3.42. The minimum Gasteiger partial charge on any atom is -0.312 e. The number of aryl methyl sites for hydroxylation is 1. The summed E-state index contributed by atoms with van der Waals surface area (Å²) in [6, 6.07) is 2.40. The second-order valence-electron chi connectivity index (χ2n) is 5.58. The van der Waals surface area contributed by atoms with E-state index in [0.29, 0.717) is 0 Å². The van der Waals surface area contributed by atoms with Crippen LogP contribution in [0.25, 0.3) is 0 Å². The molecule has 3 heteroatoms. The number of thiophene rings is 1. The predicted octanol–water partition coefficient (Wildman–Crippen LogP) is 4.42. The van der Waals surface area contributed by atoms with Gasteiger partial charge in [-0.3, -0.25) is 4.90 Å². The first-order chi connectivity index (χ1) is 9.64. The van der Waals surface area contributed by atoms with Gasteiger partial charge in [0.1, 0.15) is 0 Å². The fourth-order valence-corrected chi connectivity index (χ4v) is 3.56. The van der Waals surface area contributed by atoms with Crippen LogP contribution in [0, 0.1) is 12.8 Å². The van der Waals surface area contributed by atoms with E-state index in [9.17, 15) is 0 Å². The second kappa shape index (κ2) is 9.54. The van der Waals surface area contributed by atoms with E-state index >= 15 is 0 Å². The van der Waals surface area contributed by atoms with E-state index in [4.69, 9.17) is 0 Å². The molecule has 116 valence electrons. The summed E-state index contributed by atoms with van der Waals surface area (Å²) < 4.78 is 0. The van der Waals surface area contributed by atoms with Crippen LogP contribution >= 0.6 is 11.3 Å². The molecule has 1 heterocycles. The summed E-state index contributed by atoms with van der Waals surface area (Å²) in [5, 5.41) is 3.42. The standard InChI is InChI=1S/C17H32N2S/c1-6-15(7-2)12-19(9-4)13-16-10-17(11-18-8-3)20-14(16)5/h10,15,18H,6-9,11-13H2,1-5H3. The Morgan fingerprint density at radius 1 is 1.20 bits per heavy atom. The highest BCUT2D eigenvalue weighted by atomic mass is 32.1. The molecule has 0 saturated heterocycles. The van der Waals surface area contributed by atoms with Gasteiger partial charge >= 0.3 is 0 Å². The highest BCUT2D eigenvalue weighted by Crippen LogP contribution is 2.23. The third-order valence-electron chi connectivity index (χ3n) is 4.13. The minimum atomic E-state index is 0.843. The molecule has 0 aliphatic heterocycles. The van der Waals surface area contributed by atoms with Gasteiger partial charge in [-0.2, -0.15) is 0 Å². The Labute approximate surface area is 129 Å². The van der Waals surface area contributed by atoms with Crippen LogP contribution in [0.5, 0.6) is 0 Å². The van der Waals surface area contributed by atoms with Crippen LogP contribution in [-0.4, -0.2) is 24.5 Å². The molecular formula is C17H32N2S. The van der Waals surface area contributed by atoms with Crippen molar-refractivity contribution < 1.29 is 0 Å². The van der Waals surface area contributed by atoms with Crippen LogP contribution in [0.4, 0.5) is 0 Å². The summed E-state index contributed by atoms with van der Waals surface area (Å²) in [7, 11) is 0. The van der Waals surface area contributed by atoms with Crippen molar-refractivity contribution in [2.24, 2.45) is 5.92 Å². The van der Waals surface area contributed by atoms with E-state index in [1.165, 1.54) is 34.7 Å². The van der Waals surface area contributed by atoms with Gasteiger partial charge in [-0.1, -0.05) is 40.5 Å². The van der Waals surface area contributed by atoms with Crippen molar-refractivity contribution >= 4 is 11.3 Å². The maximum Gasteiger partial charge on any atom is 0.0299 e. The number of nitrogens with zero attached hydrogens (tertiary/aromatic N) is 1. The third-order valence-corrected chi connectivity index (χ3v) is 5.23. The number of hydrogen-bond donors (Lipinski definition) is 1. The zero-order valence-corrected chi connectivity index (χ0v) is 14.8. The molecule has 0 atom stereocenters. The fourth-order valence-electron chi connectivity index (χ4n) is 2.54. The summed E-state index contributed by atoms with van der Waals surface area (Å²) in [4.78, 5) is 5.56. The number of rotatable bonds is 10. The van der Waals surface area contributed by atoms with E-state index in [-0.39, 0.29) is 0 Å². The van der Waals surface area contributed by atoms with Gasteiger partial charge in [0.05, 0.1) is 0 Å². The zero-order valence-electron chi connectivity index (χ0n) is 14.0. The largest absolute Gasteiger partial charge is 0.312 e. The molecule has 1 rings (SSSR count). The second-order valence-corrected chi connectivity index (χ2v) is 6.93. The van der Waals surface area contributed by atoms with Gasteiger partial charge in [0.25, 0.3) is 0 Å². The van der Waals surface area contributed by atoms with Crippen molar-refractivity contribution in [2.45, 2.75) is 60.5 Å². The third kappa shape index (κ3) is 5.55. The number of hydrogen-bond acceptors (Lipinski definition) is 3. The highest BCUT2D eigenvalue weighted by molar-refractivity contribution is 7.12. The minimum absolute atomic E-state index is 0.843. The number of nitrogens with one attached hydrogen (secondary N) is 1. The van der Waals surface area contributed by atoms with Gasteiger partial charge in [0, 0.05) is 29.4 Å². The molecule has 0 aliphatic rings. The molecule has 0 bridgehead atoms.